The maximum Gasteiger partial charge on any atom is 0.292 e. The van der Waals surface area contributed by atoms with E-state index in [0.717, 1.165) is 31.6 Å². The standard InChI is InChI=1S/C14H22BrN3O2/c1-4-17(9-5-8-16(2)3)13-7-6-12(11-15)10-14(13)18(19)20/h6-7,10H,4-5,8-9,11H2,1-3H3. The number of rotatable bonds is 8. The number of benzene rings is 1. The third kappa shape index (κ3) is 4.76. The average molecular weight is 344 g/mol. The van der Waals surface area contributed by atoms with Gasteiger partial charge in [0.25, 0.3) is 5.69 Å². The number of anilines is 1. The van der Waals surface area contributed by atoms with Crippen LogP contribution in [-0.4, -0.2) is 43.6 Å². The SMILES string of the molecule is CCN(CCCN(C)C)c1ccc(CBr)cc1[N+](=O)[O-]. The van der Waals surface area contributed by atoms with Crippen LogP contribution in [0.4, 0.5) is 11.4 Å². The van der Waals surface area contributed by atoms with Gasteiger partial charge in [-0.25, -0.2) is 0 Å². The van der Waals surface area contributed by atoms with Crippen molar-refractivity contribution < 1.29 is 4.92 Å². The predicted octanol–water partition coefficient (Wildman–Crippen LogP) is 3.27. The molecule has 0 spiro atoms. The second kappa shape index (κ2) is 8.21. The third-order valence-corrected chi connectivity index (χ3v) is 3.79. The first-order valence-electron chi connectivity index (χ1n) is 6.72. The molecule has 5 nitrogen and oxygen atoms in total. The molecule has 1 aromatic carbocycles. The highest BCUT2D eigenvalue weighted by atomic mass is 79.9. The molecule has 0 fully saturated rings. The van der Waals surface area contributed by atoms with E-state index in [9.17, 15) is 10.1 Å². The van der Waals surface area contributed by atoms with E-state index in [-0.39, 0.29) is 10.6 Å². The minimum atomic E-state index is -0.296. The molecule has 0 radical (unpaired) electrons. The minimum absolute atomic E-state index is 0.189. The molecule has 0 aliphatic rings. The van der Waals surface area contributed by atoms with Gasteiger partial charge in [-0.1, -0.05) is 22.0 Å². The van der Waals surface area contributed by atoms with Crippen LogP contribution in [0.25, 0.3) is 0 Å². The molecule has 0 aliphatic carbocycles. The van der Waals surface area contributed by atoms with Crippen molar-refractivity contribution in [1.82, 2.24) is 4.90 Å². The van der Waals surface area contributed by atoms with Crippen molar-refractivity contribution in [3.8, 4) is 0 Å². The monoisotopic (exact) mass is 343 g/mol. The van der Waals surface area contributed by atoms with Crippen LogP contribution in [0.5, 0.6) is 0 Å². The normalized spacial score (nSPS) is 10.8. The number of hydrogen-bond acceptors (Lipinski definition) is 4. The number of nitro benzene ring substituents is 1. The molecule has 0 aliphatic heterocycles. The van der Waals surface area contributed by atoms with Gasteiger partial charge in [-0.2, -0.15) is 0 Å². The van der Waals surface area contributed by atoms with Gasteiger partial charge < -0.3 is 9.80 Å². The van der Waals surface area contributed by atoms with Crippen LogP contribution in [0.3, 0.4) is 0 Å². The van der Waals surface area contributed by atoms with E-state index in [1.54, 1.807) is 6.07 Å². The maximum atomic E-state index is 11.2. The number of hydrogen-bond donors (Lipinski definition) is 0. The Morgan fingerprint density at radius 2 is 2.00 bits per heavy atom. The quantitative estimate of drug-likeness (QED) is 0.413. The van der Waals surface area contributed by atoms with Crippen LogP contribution in [0, 0.1) is 10.1 Å². The number of halogens is 1. The summed E-state index contributed by atoms with van der Waals surface area (Å²) in [5.74, 6) is 0. The van der Waals surface area contributed by atoms with Gasteiger partial charge in [0.05, 0.1) is 4.92 Å². The summed E-state index contributed by atoms with van der Waals surface area (Å²) in [6, 6.07) is 5.44. The van der Waals surface area contributed by atoms with Gasteiger partial charge in [0.15, 0.2) is 0 Å². The predicted molar refractivity (Wildman–Crippen MR) is 86.8 cm³/mol. The van der Waals surface area contributed by atoms with Crippen molar-refractivity contribution in [3.63, 3.8) is 0 Å². The highest BCUT2D eigenvalue weighted by Crippen LogP contribution is 2.30. The molecule has 0 unspecified atom stereocenters. The molecule has 0 aromatic heterocycles. The molecule has 0 saturated heterocycles. The largest absolute Gasteiger partial charge is 0.366 e. The van der Waals surface area contributed by atoms with Crippen molar-refractivity contribution in [1.29, 1.82) is 0 Å². The summed E-state index contributed by atoms with van der Waals surface area (Å²) in [5.41, 5.74) is 1.82. The molecular formula is C14H22BrN3O2. The first-order valence-corrected chi connectivity index (χ1v) is 7.84. The fourth-order valence-corrected chi connectivity index (χ4v) is 2.44. The van der Waals surface area contributed by atoms with E-state index >= 15 is 0 Å². The Kier molecular flexibility index (Phi) is 6.95. The summed E-state index contributed by atoms with van der Waals surface area (Å²) >= 11 is 3.34. The second-order valence-corrected chi connectivity index (χ2v) is 5.51. The molecule has 112 valence electrons. The lowest BCUT2D eigenvalue weighted by Crippen LogP contribution is -2.27. The van der Waals surface area contributed by atoms with Gasteiger partial charge in [0.1, 0.15) is 5.69 Å². The van der Waals surface area contributed by atoms with Gasteiger partial charge in [-0.3, -0.25) is 10.1 Å². The summed E-state index contributed by atoms with van der Waals surface area (Å²) in [7, 11) is 4.06. The van der Waals surface area contributed by atoms with Crippen molar-refractivity contribution >= 4 is 27.3 Å². The van der Waals surface area contributed by atoms with E-state index in [4.69, 9.17) is 0 Å². The van der Waals surface area contributed by atoms with Crippen LogP contribution in [0.15, 0.2) is 18.2 Å². The Hall–Kier alpha value is -1.14. The van der Waals surface area contributed by atoms with Crippen molar-refractivity contribution in [3.05, 3.63) is 33.9 Å². The fourth-order valence-electron chi connectivity index (χ4n) is 2.09. The van der Waals surface area contributed by atoms with Crippen LogP contribution < -0.4 is 4.90 Å². The smallest absolute Gasteiger partial charge is 0.292 e. The molecular weight excluding hydrogens is 322 g/mol. The van der Waals surface area contributed by atoms with Crippen LogP contribution >= 0.6 is 15.9 Å². The maximum absolute atomic E-state index is 11.2. The number of nitro groups is 1. The summed E-state index contributed by atoms with van der Waals surface area (Å²) in [6.45, 7) is 4.59. The average Bonchev–Trinajstić information content (AvgIpc) is 2.42. The Balaban J connectivity index is 2.93. The van der Waals surface area contributed by atoms with E-state index in [1.807, 2.05) is 33.2 Å². The molecule has 0 bridgehead atoms. The first-order chi connectivity index (χ1) is 9.49. The summed E-state index contributed by atoms with van der Waals surface area (Å²) in [6.07, 6.45) is 0.984. The molecule has 0 N–H and O–H groups in total. The van der Waals surface area contributed by atoms with E-state index in [0.29, 0.717) is 11.0 Å². The van der Waals surface area contributed by atoms with E-state index < -0.39 is 0 Å². The Labute approximate surface area is 128 Å². The Morgan fingerprint density at radius 1 is 1.30 bits per heavy atom. The van der Waals surface area contributed by atoms with Gasteiger partial charge in [-0.15, -0.1) is 0 Å². The van der Waals surface area contributed by atoms with Gasteiger partial charge in [0.2, 0.25) is 0 Å². The zero-order chi connectivity index (χ0) is 15.1. The molecule has 20 heavy (non-hydrogen) atoms. The van der Waals surface area contributed by atoms with E-state index in [2.05, 4.69) is 25.7 Å². The van der Waals surface area contributed by atoms with Crippen molar-refractivity contribution in [2.45, 2.75) is 18.7 Å². The van der Waals surface area contributed by atoms with Crippen LogP contribution in [-0.2, 0) is 5.33 Å². The lowest BCUT2D eigenvalue weighted by atomic mass is 10.1. The van der Waals surface area contributed by atoms with Crippen LogP contribution in [0.1, 0.15) is 18.9 Å². The first kappa shape index (κ1) is 16.9. The van der Waals surface area contributed by atoms with Crippen molar-refractivity contribution in [2.24, 2.45) is 0 Å². The zero-order valence-corrected chi connectivity index (χ0v) is 13.9. The van der Waals surface area contributed by atoms with Crippen LogP contribution in [0.2, 0.25) is 0 Å². The lowest BCUT2D eigenvalue weighted by Gasteiger charge is -2.24. The summed E-state index contributed by atoms with van der Waals surface area (Å²) < 4.78 is 0. The molecule has 6 heteroatoms. The number of alkyl halides is 1. The fraction of sp³-hybridized carbons (Fsp3) is 0.571. The molecule has 1 aromatic rings. The Morgan fingerprint density at radius 3 is 2.50 bits per heavy atom. The van der Waals surface area contributed by atoms with E-state index in [1.165, 1.54) is 0 Å². The molecule has 0 heterocycles. The third-order valence-electron chi connectivity index (χ3n) is 3.15. The van der Waals surface area contributed by atoms with Gasteiger partial charge >= 0.3 is 0 Å². The minimum Gasteiger partial charge on any atom is -0.366 e. The zero-order valence-electron chi connectivity index (χ0n) is 12.3. The van der Waals surface area contributed by atoms with Crippen molar-refractivity contribution in [2.75, 3.05) is 38.6 Å². The molecule has 1 rings (SSSR count). The molecule has 0 atom stereocenters. The Bertz CT molecular complexity index is 452. The highest BCUT2D eigenvalue weighted by molar-refractivity contribution is 9.08. The number of nitrogens with zero attached hydrogens (tertiary/aromatic N) is 3. The summed E-state index contributed by atoms with van der Waals surface area (Å²) in [5, 5.41) is 11.9. The summed E-state index contributed by atoms with van der Waals surface area (Å²) in [4.78, 5) is 15.1. The van der Waals surface area contributed by atoms with Gasteiger partial charge in [-0.05, 0) is 45.6 Å². The molecule has 0 saturated carbocycles. The lowest BCUT2D eigenvalue weighted by molar-refractivity contribution is -0.384. The second-order valence-electron chi connectivity index (χ2n) is 4.95. The van der Waals surface area contributed by atoms with Gasteiger partial charge in [0, 0.05) is 24.5 Å². The molecule has 0 amide bonds. The topological polar surface area (TPSA) is 49.6 Å². The highest BCUT2D eigenvalue weighted by Gasteiger charge is 2.18.